The maximum atomic E-state index is 4.18. The third-order valence-electron chi connectivity index (χ3n) is 4.78. The highest BCUT2D eigenvalue weighted by molar-refractivity contribution is 5.72. The SMILES string of the molecule is C=C1CCc2c1ccc([C@@H]1CN(CC)CCN1)c2C. The van der Waals surface area contributed by atoms with E-state index < -0.39 is 0 Å². The largest absolute Gasteiger partial charge is 0.308 e. The van der Waals surface area contributed by atoms with Gasteiger partial charge < -0.3 is 10.2 Å². The third-order valence-corrected chi connectivity index (χ3v) is 4.78. The molecule has 0 spiro atoms. The molecule has 1 heterocycles. The second kappa shape index (κ2) is 5.10. The summed E-state index contributed by atoms with van der Waals surface area (Å²) in [6.07, 6.45) is 2.32. The lowest BCUT2D eigenvalue weighted by Crippen LogP contribution is -2.45. The zero-order valence-electron chi connectivity index (χ0n) is 12.1. The summed E-state index contributed by atoms with van der Waals surface area (Å²) in [4.78, 5) is 2.53. The minimum absolute atomic E-state index is 0.493. The van der Waals surface area contributed by atoms with Crippen LogP contribution in [0.25, 0.3) is 5.57 Å². The van der Waals surface area contributed by atoms with Gasteiger partial charge in [0.1, 0.15) is 0 Å². The summed E-state index contributed by atoms with van der Waals surface area (Å²) in [5.74, 6) is 0. The second-order valence-corrected chi connectivity index (χ2v) is 5.81. The monoisotopic (exact) mass is 256 g/mol. The Morgan fingerprint density at radius 3 is 3.00 bits per heavy atom. The average molecular weight is 256 g/mol. The molecule has 19 heavy (non-hydrogen) atoms. The maximum Gasteiger partial charge on any atom is 0.0452 e. The van der Waals surface area contributed by atoms with Gasteiger partial charge in [0, 0.05) is 25.7 Å². The standard InChI is InChI=1S/C17H24N2/c1-4-19-10-9-18-17(11-19)16-8-7-14-12(2)5-6-15(14)13(16)3/h7-8,17-18H,2,4-6,9-11H2,1,3H3/t17-/m0/s1. The Balaban J connectivity index is 1.91. The summed E-state index contributed by atoms with van der Waals surface area (Å²) >= 11 is 0. The van der Waals surface area contributed by atoms with Crippen molar-refractivity contribution in [3.05, 3.63) is 41.0 Å². The third kappa shape index (κ3) is 2.24. The molecule has 1 atom stereocenters. The van der Waals surface area contributed by atoms with Gasteiger partial charge in [0.25, 0.3) is 0 Å². The molecule has 0 bridgehead atoms. The highest BCUT2D eigenvalue weighted by Crippen LogP contribution is 2.36. The van der Waals surface area contributed by atoms with E-state index in [1.807, 2.05) is 0 Å². The molecule has 0 amide bonds. The summed E-state index contributed by atoms with van der Waals surface area (Å²) in [5, 5.41) is 3.68. The van der Waals surface area contributed by atoms with E-state index in [0.29, 0.717) is 6.04 Å². The minimum atomic E-state index is 0.493. The van der Waals surface area contributed by atoms with Gasteiger partial charge in [0.05, 0.1) is 0 Å². The fourth-order valence-electron chi connectivity index (χ4n) is 3.52. The van der Waals surface area contributed by atoms with Crippen LogP contribution in [-0.4, -0.2) is 31.1 Å². The number of allylic oxidation sites excluding steroid dienone is 1. The topological polar surface area (TPSA) is 15.3 Å². The van der Waals surface area contributed by atoms with E-state index in [4.69, 9.17) is 0 Å². The Morgan fingerprint density at radius 2 is 2.21 bits per heavy atom. The van der Waals surface area contributed by atoms with Gasteiger partial charge in [0.15, 0.2) is 0 Å². The van der Waals surface area contributed by atoms with E-state index in [-0.39, 0.29) is 0 Å². The molecule has 1 aliphatic carbocycles. The summed E-state index contributed by atoms with van der Waals surface area (Å²) in [6.45, 7) is 13.3. The van der Waals surface area contributed by atoms with Crippen molar-refractivity contribution in [1.29, 1.82) is 0 Å². The number of hydrogen-bond donors (Lipinski definition) is 1. The lowest BCUT2D eigenvalue weighted by Gasteiger charge is -2.34. The van der Waals surface area contributed by atoms with Gasteiger partial charge in [-0.2, -0.15) is 0 Å². The number of benzene rings is 1. The molecule has 0 unspecified atom stereocenters. The van der Waals surface area contributed by atoms with E-state index in [1.54, 1.807) is 0 Å². The van der Waals surface area contributed by atoms with Crippen LogP contribution in [0.1, 0.15) is 41.6 Å². The van der Waals surface area contributed by atoms with Gasteiger partial charge in [-0.25, -0.2) is 0 Å². The molecule has 1 aromatic carbocycles. The summed E-state index contributed by atoms with van der Waals surface area (Å²) in [7, 11) is 0. The molecule has 1 N–H and O–H groups in total. The Kier molecular flexibility index (Phi) is 3.46. The molecule has 1 saturated heterocycles. The zero-order chi connectivity index (χ0) is 13.4. The lowest BCUT2D eigenvalue weighted by atomic mass is 9.93. The average Bonchev–Trinajstić information content (AvgIpc) is 2.82. The van der Waals surface area contributed by atoms with Crippen molar-refractivity contribution < 1.29 is 0 Å². The maximum absolute atomic E-state index is 4.18. The molecule has 1 fully saturated rings. The highest BCUT2D eigenvalue weighted by Gasteiger charge is 2.24. The van der Waals surface area contributed by atoms with Crippen molar-refractivity contribution in [2.24, 2.45) is 0 Å². The predicted molar refractivity (Wildman–Crippen MR) is 81.4 cm³/mol. The van der Waals surface area contributed by atoms with Crippen molar-refractivity contribution in [1.82, 2.24) is 10.2 Å². The predicted octanol–water partition coefficient (Wildman–Crippen LogP) is 2.92. The van der Waals surface area contributed by atoms with Crippen LogP contribution < -0.4 is 5.32 Å². The smallest absolute Gasteiger partial charge is 0.0452 e. The summed E-state index contributed by atoms with van der Waals surface area (Å²) in [6, 6.07) is 5.11. The lowest BCUT2D eigenvalue weighted by molar-refractivity contribution is 0.209. The summed E-state index contributed by atoms with van der Waals surface area (Å²) < 4.78 is 0. The molecule has 2 nitrogen and oxygen atoms in total. The van der Waals surface area contributed by atoms with Gasteiger partial charge in [-0.3, -0.25) is 0 Å². The number of nitrogens with one attached hydrogen (secondary N) is 1. The van der Waals surface area contributed by atoms with Gasteiger partial charge in [-0.15, -0.1) is 0 Å². The molecular weight excluding hydrogens is 232 g/mol. The fraction of sp³-hybridized carbons (Fsp3) is 0.529. The molecule has 2 aliphatic rings. The second-order valence-electron chi connectivity index (χ2n) is 5.81. The van der Waals surface area contributed by atoms with Crippen molar-refractivity contribution in [3.63, 3.8) is 0 Å². The molecule has 102 valence electrons. The van der Waals surface area contributed by atoms with E-state index in [0.717, 1.165) is 26.1 Å². The van der Waals surface area contributed by atoms with E-state index in [9.17, 15) is 0 Å². The fourth-order valence-corrected chi connectivity index (χ4v) is 3.52. The van der Waals surface area contributed by atoms with Crippen LogP contribution in [0, 0.1) is 6.92 Å². The van der Waals surface area contributed by atoms with Crippen LogP contribution in [-0.2, 0) is 6.42 Å². The van der Waals surface area contributed by atoms with Crippen molar-refractivity contribution in [2.45, 2.75) is 32.7 Å². The summed E-state index contributed by atoms with van der Waals surface area (Å²) in [5.41, 5.74) is 7.25. The van der Waals surface area contributed by atoms with E-state index >= 15 is 0 Å². The first kappa shape index (κ1) is 12.9. The molecule has 0 saturated carbocycles. The quantitative estimate of drug-likeness (QED) is 0.875. The first-order chi connectivity index (χ1) is 9.20. The van der Waals surface area contributed by atoms with Gasteiger partial charge in [0.2, 0.25) is 0 Å². The van der Waals surface area contributed by atoms with Gasteiger partial charge >= 0.3 is 0 Å². The number of piperazine rings is 1. The van der Waals surface area contributed by atoms with Crippen molar-refractivity contribution in [3.8, 4) is 0 Å². The number of likely N-dealkylation sites (N-methyl/N-ethyl adjacent to an activating group) is 1. The van der Waals surface area contributed by atoms with E-state index in [1.165, 1.54) is 40.8 Å². The van der Waals surface area contributed by atoms with Crippen LogP contribution in [0.5, 0.6) is 0 Å². The Labute approximate surface area is 116 Å². The molecule has 2 heteroatoms. The minimum Gasteiger partial charge on any atom is -0.308 e. The zero-order valence-corrected chi connectivity index (χ0v) is 12.1. The molecule has 0 radical (unpaired) electrons. The Morgan fingerprint density at radius 1 is 1.37 bits per heavy atom. The number of nitrogens with zero attached hydrogens (tertiary/aromatic N) is 1. The van der Waals surface area contributed by atoms with Crippen molar-refractivity contribution >= 4 is 5.57 Å². The number of rotatable bonds is 2. The van der Waals surface area contributed by atoms with Crippen molar-refractivity contribution in [2.75, 3.05) is 26.2 Å². The molecule has 3 rings (SSSR count). The molecular formula is C17H24N2. The Hall–Kier alpha value is -1.12. The van der Waals surface area contributed by atoms with Crippen LogP contribution in [0.4, 0.5) is 0 Å². The first-order valence-corrected chi connectivity index (χ1v) is 7.47. The number of hydrogen-bond acceptors (Lipinski definition) is 2. The van der Waals surface area contributed by atoms with Crippen LogP contribution in [0.3, 0.4) is 0 Å². The Bertz CT molecular complexity index is 504. The van der Waals surface area contributed by atoms with Crippen LogP contribution in [0.15, 0.2) is 18.7 Å². The number of fused-ring (bicyclic) bond motifs is 1. The van der Waals surface area contributed by atoms with Crippen LogP contribution in [0.2, 0.25) is 0 Å². The van der Waals surface area contributed by atoms with Gasteiger partial charge in [-0.1, -0.05) is 25.6 Å². The molecule has 1 aromatic rings. The molecule has 0 aromatic heterocycles. The van der Waals surface area contributed by atoms with Crippen LogP contribution >= 0.6 is 0 Å². The van der Waals surface area contributed by atoms with Gasteiger partial charge in [-0.05, 0) is 54.1 Å². The highest BCUT2D eigenvalue weighted by atomic mass is 15.2. The normalized spacial score (nSPS) is 23.7. The van der Waals surface area contributed by atoms with E-state index in [2.05, 4.69) is 42.8 Å². The molecule has 1 aliphatic heterocycles. The first-order valence-electron chi connectivity index (χ1n) is 7.47.